The quantitative estimate of drug-likeness (QED) is 0.838. The van der Waals surface area contributed by atoms with E-state index in [2.05, 4.69) is 10.1 Å². The molecule has 2 aromatic rings. The van der Waals surface area contributed by atoms with Crippen LogP contribution < -0.4 is 4.74 Å². The number of sulfonamides is 1. The van der Waals surface area contributed by atoms with Gasteiger partial charge in [0, 0.05) is 12.6 Å². The summed E-state index contributed by atoms with van der Waals surface area (Å²) in [6, 6.07) is 2.21. The van der Waals surface area contributed by atoms with E-state index >= 15 is 0 Å². The predicted octanol–water partition coefficient (Wildman–Crippen LogP) is 1.15. The summed E-state index contributed by atoms with van der Waals surface area (Å²) < 4.78 is 33.8. The number of benzene rings is 1. The molecule has 11 heteroatoms. The summed E-state index contributed by atoms with van der Waals surface area (Å²) in [6.07, 6.45) is 0. The monoisotopic (exact) mass is 386 g/mol. The van der Waals surface area contributed by atoms with Crippen LogP contribution in [0.5, 0.6) is 5.75 Å². The second-order valence-electron chi connectivity index (χ2n) is 5.43. The first-order valence-corrected chi connectivity index (χ1v) is 9.07. The van der Waals surface area contributed by atoms with Crippen molar-refractivity contribution in [3.63, 3.8) is 0 Å². The van der Waals surface area contributed by atoms with E-state index in [1.807, 2.05) is 0 Å². The number of rotatable bonds is 4. The van der Waals surface area contributed by atoms with E-state index in [1.54, 1.807) is 11.6 Å². The topological polar surface area (TPSA) is 115 Å². The number of aromatic nitrogens is 3. The molecule has 3 rings (SSSR count). The van der Waals surface area contributed by atoms with E-state index in [0.29, 0.717) is 18.2 Å². The zero-order valence-corrected chi connectivity index (χ0v) is 15.0. The average Bonchev–Trinajstić information content (AvgIpc) is 2.93. The normalized spacial score (nSPS) is 15.0. The van der Waals surface area contributed by atoms with Gasteiger partial charge in [-0.15, -0.1) is 0 Å². The Balaban J connectivity index is 2.02. The lowest BCUT2D eigenvalue weighted by Crippen LogP contribution is -2.38. The van der Waals surface area contributed by atoms with Gasteiger partial charge in [-0.1, -0.05) is 11.6 Å². The molecule has 0 aliphatic carbocycles. The number of ether oxygens (including phenoxy) is 1. The van der Waals surface area contributed by atoms with Crippen molar-refractivity contribution >= 4 is 27.6 Å². The van der Waals surface area contributed by atoms with E-state index in [1.165, 1.54) is 11.4 Å². The zero-order valence-electron chi connectivity index (χ0n) is 13.4. The van der Waals surface area contributed by atoms with Crippen molar-refractivity contribution < 1.29 is 23.1 Å². The molecule has 2 heterocycles. The number of hydrogen-bond acceptors (Lipinski definition) is 6. The number of halogens is 1. The van der Waals surface area contributed by atoms with Gasteiger partial charge in [-0.05, 0) is 13.0 Å². The second-order valence-corrected chi connectivity index (χ2v) is 7.74. The first kappa shape index (κ1) is 17.6. The number of fused-ring (bicyclic) bond motifs is 1. The summed E-state index contributed by atoms with van der Waals surface area (Å²) >= 11 is 6.05. The first-order chi connectivity index (χ1) is 11.7. The Hall–Kier alpha value is -2.17. The van der Waals surface area contributed by atoms with Crippen molar-refractivity contribution in [2.45, 2.75) is 24.9 Å². The molecule has 0 atom stereocenters. The molecule has 0 radical (unpaired) electrons. The van der Waals surface area contributed by atoms with E-state index in [9.17, 15) is 13.2 Å². The molecule has 0 bridgehead atoms. The van der Waals surface area contributed by atoms with Crippen molar-refractivity contribution in [2.24, 2.45) is 0 Å². The molecule has 0 saturated carbocycles. The highest BCUT2D eigenvalue weighted by Crippen LogP contribution is 2.33. The third-order valence-electron chi connectivity index (χ3n) is 3.84. The molecule has 25 heavy (non-hydrogen) atoms. The smallest absolute Gasteiger partial charge is 0.339 e. The Labute approximate surface area is 148 Å². The van der Waals surface area contributed by atoms with Gasteiger partial charge >= 0.3 is 5.97 Å². The molecule has 1 N–H and O–H groups in total. The average molecular weight is 387 g/mol. The molecular weight excluding hydrogens is 372 g/mol. The predicted molar refractivity (Wildman–Crippen MR) is 87.3 cm³/mol. The standard InChI is InChI=1S/C14H15ClN4O5S/c1-8-16-13-7-18(3-4-19(13)17-8)25(22,23)12-6-11(24-2)9(14(20)21)5-10(12)15/h5-6H,3-4,7H2,1-2H3,(H,20,21). The SMILES string of the molecule is COc1cc(S(=O)(=O)N2CCn3nc(C)nc3C2)c(Cl)cc1C(=O)O. The van der Waals surface area contributed by atoms with Gasteiger partial charge < -0.3 is 9.84 Å². The maximum absolute atomic E-state index is 13.0. The summed E-state index contributed by atoms with van der Waals surface area (Å²) in [5, 5.41) is 13.2. The molecule has 0 unspecified atom stereocenters. The summed E-state index contributed by atoms with van der Waals surface area (Å²) in [5.41, 5.74) is -0.208. The molecule has 1 aliphatic rings. The van der Waals surface area contributed by atoms with Crippen LogP contribution in [0.1, 0.15) is 22.0 Å². The largest absolute Gasteiger partial charge is 0.496 e. The van der Waals surface area contributed by atoms with Crippen LogP contribution in [0.25, 0.3) is 0 Å². The Morgan fingerprint density at radius 2 is 2.08 bits per heavy atom. The Bertz CT molecular complexity index is 956. The maximum Gasteiger partial charge on any atom is 0.339 e. The minimum absolute atomic E-state index is 0.0580. The lowest BCUT2D eigenvalue weighted by molar-refractivity contribution is 0.0693. The third-order valence-corrected chi connectivity index (χ3v) is 6.15. The van der Waals surface area contributed by atoms with Crippen molar-refractivity contribution in [3.05, 3.63) is 34.4 Å². The van der Waals surface area contributed by atoms with Crippen LogP contribution >= 0.6 is 11.6 Å². The molecule has 0 fully saturated rings. The number of carboxylic acids is 1. The number of aromatic carboxylic acids is 1. The summed E-state index contributed by atoms with van der Waals surface area (Å²) in [5.74, 6) is -0.229. The van der Waals surface area contributed by atoms with Gasteiger partial charge in [-0.2, -0.15) is 9.40 Å². The summed E-state index contributed by atoms with van der Waals surface area (Å²) in [7, 11) is -2.69. The van der Waals surface area contributed by atoms with Gasteiger partial charge in [0.2, 0.25) is 10.0 Å². The van der Waals surface area contributed by atoms with Gasteiger partial charge in [-0.3, -0.25) is 0 Å². The first-order valence-electron chi connectivity index (χ1n) is 7.25. The van der Waals surface area contributed by atoms with Gasteiger partial charge in [-0.25, -0.2) is 22.9 Å². The summed E-state index contributed by atoms with van der Waals surface area (Å²) in [4.78, 5) is 15.2. The van der Waals surface area contributed by atoms with Gasteiger partial charge in [0.05, 0.1) is 25.2 Å². The number of methoxy groups -OCH3 is 1. The van der Waals surface area contributed by atoms with Crippen LogP contribution in [0.4, 0.5) is 0 Å². The minimum Gasteiger partial charge on any atom is -0.496 e. The number of aryl methyl sites for hydroxylation is 1. The van der Waals surface area contributed by atoms with E-state index < -0.39 is 16.0 Å². The van der Waals surface area contributed by atoms with Crippen LogP contribution in [0.2, 0.25) is 5.02 Å². The van der Waals surface area contributed by atoms with Crippen molar-refractivity contribution in [1.29, 1.82) is 0 Å². The van der Waals surface area contributed by atoms with E-state index in [0.717, 1.165) is 12.1 Å². The van der Waals surface area contributed by atoms with Crippen molar-refractivity contribution in [3.8, 4) is 5.75 Å². The van der Waals surface area contributed by atoms with Gasteiger partial charge in [0.1, 0.15) is 27.9 Å². The Morgan fingerprint density at radius 1 is 1.36 bits per heavy atom. The third kappa shape index (κ3) is 3.08. The number of hydrogen-bond donors (Lipinski definition) is 1. The van der Waals surface area contributed by atoms with Crippen LogP contribution in [-0.2, 0) is 23.1 Å². The number of carboxylic acid groups (broad SMARTS) is 1. The molecule has 9 nitrogen and oxygen atoms in total. The van der Waals surface area contributed by atoms with E-state index in [4.69, 9.17) is 21.4 Å². The maximum atomic E-state index is 13.0. The fourth-order valence-corrected chi connectivity index (χ4v) is 4.55. The van der Waals surface area contributed by atoms with Crippen LogP contribution in [0.15, 0.2) is 17.0 Å². The van der Waals surface area contributed by atoms with Gasteiger partial charge in [0.25, 0.3) is 0 Å². The number of carbonyl (C=O) groups is 1. The minimum atomic E-state index is -3.95. The molecule has 0 saturated heterocycles. The molecule has 134 valence electrons. The number of nitrogens with zero attached hydrogens (tertiary/aromatic N) is 4. The van der Waals surface area contributed by atoms with Crippen LogP contribution in [-0.4, -0.2) is 52.2 Å². The Morgan fingerprint density at radius 3 is 2.72 bits per heavy atom. The Kier molecular flexibility index (Phi) is 4.43. The summed E-state index contributed by atoms with van der Waals surface area (Å²) in [6.45, 7) is 2.37. The van der Waals surface area contributed by atoms with Crippen LogP contribution in [0, 0.1) is 6.92 Å². The molecule has 1 aromatic heterocycles. The molecule has 1 aliphatic heterocycles. The van der Waals surface area contributed by atoms with E-state index in [-0.39, 0.29) is 34.3 Å². The highest BCUT2D eigenvalue weighted by atomic mass is 35.5. The van der Waals surface area contributed by atoms with Crippen LogP contribution in [0.3, 0.4) is 0 Å². The fraction of sp³-hybridized carbons (Fsp3) is 0.357. The molecular formula is C14H15ClN4O5S. The highest BCUT2D eigenvalue weighted by Gasteiger charge is 2.32. The van der Waals surface area contributed by atoms with Crippen molar-refractivity contribution in [1.82, 2.24) is 19.1 Å². The second kappa shape index (κ2) is 6.28. The van der Waals surface area contributed by atoms with Crippen molar-refractivity contribution in [2.75, 3.05) is 13.7 Å². The van der Waals surface area contributed by atoms with Gasteiger partial charge in [0.15, 0.2) is 0 Å². The lowest BCUT2D eigenvalue weighted by atomic mass is 10.2. The highest BCUT2D eigenvalue weighted by molar-refractivity contribution is 7.89. The fourth-order valence-electron chi connectivity index (χ4n) is 2.65. The lowest BCUT2D eigenvalue weighted by Gasteiger charge is -2.26. The molecule has 1 aromatic carbocycles. The molecule has 0 amide bonds. The molecule has 0 spiro atoms. The zero-order chi connectivity index (χ0) is 18.4.